The van der Waals surface area contributed by atoms with E-state index in [2.05, 4.69) is 189 Å². The molecule has 7 aromatic carbocycles. The van der Waals surface area contributed by atoms with Gasteiger partial charge in [-0.1, -0.05) is 97.1 Å². The second kappa shape index (κ2) is 10.1. The van der Waals surface area contributed by atoms with Gasteiger partial charge < -0.3 is 19.4 Å². The molecule has 4 heteroatoms. The number of nitrogens with zero attached hydrogens (tertiary/aromatic N) is 3. The smallest absolute Gasteiger partial charge is 0.187 e. The van der Waals surface area contributed by atoms with Crippen molar-refractivity contribution in [3.05, 3.63) is 170 Å². The van der Waals surface area contributed by atoms with Crippen LogP contribution in [0.4, 0.5) is 17.1 Å². The Morgan fingerprint density at radius 2 is 0.915 bits per heavy atom. The van der Waals surface area contributed by atoms with E-state index in [9.17, 15) is 0 Å². The van der Waals surface area contributed by atoms with Crippen molar-refractivity contribution >= 4 is 60.7 Å². The normalized spacial score (nSPS) is 14.3. The Morgan fingerprint density at radius 1 is 0.404 bits per heavy atom. The molecule has 1 aliphatic rings. The highest BCUT2D eigenvalue weighted by Crippen LogP contribution is 2.47. The summed E-state index contributed by atoms with van der Waals surface area (Å²) >= 11 is 0. The second-order valence-electron chi connectivity index (χ2n) is 12.3. The summed E-state index contributed by atoms with van der Waals surface area (Å²) in [5.74, 6) is 0. The minimum absolute atomic E-state index is 0.122. The molecule has 1 aliphatic heterocycles. The fourth-order valence-electron chi connectivity index (χ4n) is 7.64. The van der Waals surface area contributed by atoms with Crippen molar-refractivity contribution in [3.8, 4) is 16.8 Å². The topological polar surface area (TPSA) is 25.1 Å². The van der Waals surface area contributed by atoms with E-state index in [1.165, 1.54) is 66.1 Å². The van der Waals surface area contributed by atoms with Crippen molar-refractivity contribution in [1.82, 2.24) is 9.13 Å². The third-order valence-electron chi connectivity index (χ3n) is 9.70. The first-order valence-electron chi connectivity index (χ1n) is 16.1. The molecule has 2 aromatic heterocycles. The molecule has 1 atom stereocenters. The standard InChI is InChI=1S/C43H30N4/c1-3-13-31(14-4-1)45-38-20-10-7-17-33(38)35-27-29(23-25-40(35)45)30-24-26-41-36(28-30)34-18-8-11-21-39(34)47(41)43-44-37-19-9-12-22-42(37)46(43)32-15-5-2-6-16-32/h1-28,43-44H. The molecule has 9 aromatic rings. The monoisotopic (exact) mass is 602 g/mol. The fraction of sp³-hybridized carbons (Fsp3) is 0.0233. The van der Waals surface area contributed by atoms with Crippen LogP contribution in [0.15, 0.2) is 170 Å². The maximum atomic E-state index is 3.86. The van der Waals surface area contributed by atoms with Crippen molar-refractivity contribution in [2.24, 2.45) is 0 Å². The molecule has 0 spiro atoms. The summed E-state index contributed by atoms with van der Waals surface area (Å²) in [7, 11) is 0. The van der Waals surface area contributed by atoms with Crippen LogP contribution in [0.3, 0.4) is 0 Å². The fourth-order valence-corrected chi connectivity index (χ4v) is 7.64. The molecule has 4 nitrogen and oxygen atoms in total. The second-order valence-corrected chi connectivity index (χ2v) is 12.3. The van der Waals surface area contributed by atoms with E-state index >= 15 is 0 Å². The lowest BCUT2D eigenvalue weighted by Gasteiger charge is -2.29. The van der Waals surface area contributed by atoms with Crippen molar-refractivity contribution in [2.75, 3.05) is 10.2 Å². The summed E-state index contributed by atoms with van der Waals surface area (Å²) in [6.07, 6.45) is -0.122. The van der Waals surface area contributed by atoms with E-state index in [0.717, 1.165) is 11.4 Å². The van der Waals surface area contributed by atoms with Gasteiger partial charge in [0.25, 0.3) is 0 Å². The van der Waals surface area contributed by atoms with E-state index in [4.69, 9.17) is 0 Å². The molecule has 1 N–H and O–H groups in total. The maximum absolute atomic E-state index is 3.86. The van der Waals surface area contributed by atoms with Crippen LogP contribution in [0, 0.1) is 0 Å². The number of hydrogen-bond donors (Lipinski definition) is 1. The molecule has 0 saturated carbocycles. The number of hydrogen-bond acceptors (Lipinski definition) is 2. The van der Waals surface area contributed by atoms with Crippen molar-refractivity contribution in [3.63, 3.8) is 0 Å². The van der Waals surface area contributed by atoms with Crippen LogP contribution < -0.4 is 10.2 Å². The summed E-state index contributed by atoms with van der Waals surface area (Å²) in [6, 6.07) is 61.3. The molecule has 222 valence electrons. The Morgan fingerprint density at radius 3 is 1.66 bits per heavy atom. The van der Waals surface area contributed by atoms with Gasteiger partial charge in [-0.05, 0) is 83.9 Å². The largest absolute Gasteiger partial charge is 0.346 e. The molecule has 0 fully saturated rings. The van der Waals surface area contributed by atoms with Gasteiger partial charge in [0.15, 0.2) is 6.29 Å². The number of rotatable bonds is 4. The molecule has 10 rings (SSSR count). The van der Waals surface area contributed by atoms with Gasteiger partial charge in [0.1, 0.15) is 0 Å². The third kappa shape index (κ3) is 3.88. The average molecular weight is 603 g/mol. The lowest BCUT2D eigenvalue weighted by atomic mass is 10.0. The lowest BCUT2D eigenvalue weighted by Crippen LogP contribution is -2.28. The first-order chi connectivity index (χ1) is 23.3. The summed E-state index contributed by atoms with van der Waals surface area (Å²) in [6.45, 7) is 0. The van der Waals surface area contributed by atoms with E-state index < -0.39 is 0 Å². The van der Waals surface area contributed by atoms with Gasteiger partial charge in [0, 0.05) is 32.9 Å². The van der Waals surface area contributed by atoms with Crippen molar-refractivity contribution in [1.29, 1.82) is 0 Å². The number of fused-ring (bicyclic) bond motifs is 7. The van der Waals surface area contributed by atoms with Crippen LogP contribution in [0.25, 0.3) is 60.4 Å². The summed E-state index contributed by atoms with van der Waals surface area (Å²) < 4.78 is 4.83. The molecular formula is C43H30N4. The molecule has 0 bridgehead atoms. The Labute approximate surface area is 272 Å². The number of benzene rings is 7. The molecule has 3 heterocycles. The van der Waals surface area contributed by atoms with Crippen molar-refractivity contribution in [2.45, 2.75) is 6.29 Å². The quantitative estimate of drug-likeness (QED) is 0.217. The maximum Gasteiger partial charge on any atom is 0.187 e. The van der Waals surface area contributed by atoms with Crippen LogP contribution in [0.2, 0.25) is 0 Å². The first kappa shape index (κ1) is 26.0. The number of nitrogens with one attached hydrogen (secondary N) is 1. The Balaban J connectivity index is 1.16. The zero-order valence-corrected chi connectivity index (χ0v) is 25.6. The molecule has 0 amide bonds. The molecule has 0 saturated heterocycles. The van der Waals surface area contributed by atoms with Crippen LogP contribution in [0.1, 0.15) is 6.29 Å². The number of para-hydroxylation sites is 6. The van der Waals surface area contributed by atoms with Gasteiger partial charge in [0.2, 0.25) is 0 Å². The Kier molecular flexibility index (Phi) is 5.60. The predicted octanol–water partition coefficient (Wildman–Crippen LogP) is 11.3. The van der Waals surface area contributed by atoms with Gasteiger partial charge in [0.05, 0.1) is 33.4 Å². The van der Waals surface area contributed by atoms with E-state index in [0.29, 0.717) is 0 Å². The van der Waals surface area contributed by atoms with Crippen LogP contribution >= 0.6 is 0 Å². The van der Waals surface area contributed by atoms with Gasteiger partial charge >= 0.3 is 0 Å². The first-order valence-corrected chi connectivity index (χ1v) is 16.1. The SMILES string of the molecule is c1ccc(N2c3ccccc3NC2n2c3ccccc3c3cc(-c4ccc5c(c4)c4ccccc4n5-c4ccccc4)ccc32)cc1. The zero-order valence-electron chi connectivity index (χ0n) is 25.6. The third-order valence-corrected chi connectivity index (χ3v) is 9.70. The van der Waals surface area contributed by atoms with Gasteiger partial charge in [-0.15, -0.1) is 0 Å². The van der Waals surface area contributed by atoms with Gasteiger partial charge in [-0.25, -0.2) is 0 Å². The minimum Gasteiger partial charge on any atom is -0.346 e. The number of anilines is 3. The molecule has 47 heavy (non-hydrogen) atoms. The molecular weight excluding hydrogens is 573 g/mol. The molecule has 0 radical (unpaired) electrons. The Hall–Kier alpha value is -6.26. The number of aromatic nitrogens is 2. The molecule has 1 unspecified atom stereocenters. The van der Waals surface area contributed by atoms with Gasteiger partial charge in [-0.3, -0.25) is 0 Å². The predicted molar refractivity (Wildman–Crippen MR) is 197 cm³/mol. The molecule has 0 aliphatic carbocycles. The van der Waals surface area contributed by atoms with Crippen molar-refractivity contribution < 1.29 is 0 Å². The van der Waals surface area contributed by atoms with Crippen LogP contribution in [-0.4, -0.2) is 9.13 Å². The minimum atomic E-state index is -0.122. The van der Waals surface area contributed by atoms with E-state index in [-0.39, 0.29) is 6.29 Å². The van der Waals surface area contributed by atoms with Crippen LogP contribution in [-0.2, 0) is 0 Å². The summed E-state index contributed by atoms with van der Waals surface area (Å²) in [4.78, 5) is 2.41. The highest BCUT2D eigenvalue weighted by molar-refractivity contribution is 6.12. The highest BCUT2D eigenvalue weighted by atomic mass is 15.4. The van der Waals surface area contributed by atoms with E-state index in [1.807, 2.05) is 0 Å². The summed E-state index contributed by atoms with van der Waals surface area (Å²) in [5, 5.41) is 8.87. The highest BCUT2D eigenvalue weighted by Gasteiger charge is 2.33. The Bertz CT molecular complexity index is 2610. The summed E-state index contributed by atoms with van der Waals surface area (Å²) in [5.41, 5.74) is 11.9. The average Bonchev–Trinajstić information content (AvgIpc) is 3.79. The van der Waals surface area contributed by atoms with E-state index in [1.54, 1.807) is 0 Å². The van der Waals surface area contributed by atoms with Crippen LogP contribution in [0.5, 0.6) is 0 Å². The van der Waals surface area contributed by atoms with Gasteiger partial charge in [-0.2, -0.15) is 0 Å². The lowest BCUT2D eigenvalue weighted by molar-refractivity contribution is 0.628. The zero-order chi connectivity index (χ0) is 30.9.